The molecule has 1 atom stereocenters. The molecule has 0 saturated carbocycles. The molecule has 6 heteroatoms. The van der Waals surface area contributed by atoms with Crippen LogP contribution in [0.2, 0.25) is 0 Å². The smallest absolute Gasteiger partial charge is 0.191 e. The van der Waals surface area contributed by atoms with E-state index in [1.54, 1.807) is 0 Å². The fourth-order valence-corrected chi connectivity index (χ4v) is 2.70. The third-order valence-corrected chi connectivity index (χ3v) is 3.89. The second-order valence-electron chi connectivity index (χ2n) is 5.17. The number of benzene rings is 1. The summed E-state index contributed by atoms with van der Waals surface area (Å²) in [6.45, 7) is 4.62. The van der Waals surface area contributed by atoms with Crippen molar-refractivity contribution in [1.82, 2.24) is 4.90 Å². The molecule has 1 aromatic rings. The Balaban J connectivity index is 0.00000161. The van der Waals surface area contributed by atoms with E-state index in [9.17, 15) is 0 Å². The van der Waals surface area contributed by atoms with Gasteiger partial charge in [0.2, 0.25) is 0 Å². The molecule has 1 unspecified atom stereocenters. The molecule has 1 fully saturated rings. The van der Waals surface area contributed by atoms with E-state index in [1.807, 2.05) is 12.1 Å². The number of ether oxygens (including phenoxy) is 2. The minimum Gasteiger partial charge on any atom is -0.493 e. The zero-order valence-corrected chi connectivity index (χ0v) is 14.4. The number of nitrogens with two attached hydrogens (primary N) is 1. The monoisotopic (exact) mass is 403 g/mol. The Morgan fingerprint density at radius 3 is 2.81 bits per heavy atom. The Hall–Kier alpha value is -1.02. The Morgan fingerprint density at radius 2 is 2.00 bits per heavy atom. The molecule has 2 N–H and O–H groups in total. The van der Waals surface area contributed by atoms with E-state index >= 15 is 0 Å². The molecular weight excluding hydrogens is 381 g/mol. The molecule has 116 valence electrons. The number of hydrogen-bond acceptors (Lipinski definition) is 3. The van der Waals surface area contributed by atoms with Gasteiger partial charge in [0.1, 0.15) is 5.75 Å². The molecule has 2 aliphatic heterocycles. The largest absolute Gasteiger partial charge is 0.493 e. The van der Waals surface area contributed by atoms with Gasteiger partial charge >= 0.3 is 0 Å². The van der Waals surface area contributed by atoms with E-state index in [0.717, 1.165) is 51.6 Å². The quantitative estimate of drug-likeness (QED) is 0.465. The summed E-state index contributed by atoms with van der Waals surface area (Å²) in [7, 11) is 0. The summed E-state index contributed by atoms with van der Waals surface area (Å²) in [6.07, 6.45) is 0.997. The number of halogens is 1. The maximum Gasteiger partial charge on any atom is 0.191 e. The van der Waals surface area contributed by atoms with E-state index in [2.05, 4.69) is 22.0 Å². The Bertz CT molecular complexity index is 490. The topological polar surface area (TPSA) is 60.1 Å². The fourth-order valence-electron chi connectivity index (χ4n) is 2.70. The van der Waals surface area contributed by atoms with Crippen molar-refractivity contribution in [1.29, 1.82) is 0 Å². The van der Waals surface area contributed by atoms with Crippen LogP contribution in [0.4, 0.5) is 0 Å². The highest BCUT2D eigenvalue weighted by molar-refractivity contribution is 14.0. The van der Waals surface area contributed by atoms with Crippen LogP contribution < -0.4 is 10.5 Å². The first-order chi connectivity index (χ1) is 9.84. The van der Waals surface area contributed by atoms with Crippen LogP contribution in [-0.2, 0) is 4.74 Å². The number of guanidine groups is 1. The summed E-state index contributed by atoms with van der Waals surface area (Å²) in [5, 5.41) is 0. The van der Waals surface area contributed by atoms with E-state index in [-0.39, 0.29) is 24.0 Å². The third kappa shape index (κ3) is 4.00. The van der Waals surface area contributed by atoms with Gasteiger partial charge in [-0.25, -0.2) is 0 Å². The van der Waals surface area contributed by atoms with Gasteiger partial charge in [0, 0.05) is 25.6 Å². The summed E-state index contributed by atoms with van der Waals surface area (Å²) in [5.74, 6) is 2.03. The average Bonchev–Trinajstić information content (AvgIpc) is 2.53. The lowest BCUT2D eigenvalue weighted by Crippen LogP contribution is -2.45. The number of rotatable bonds is 2. The molecule has 2 heterocycles. The lowest BCUT2D eigenvalue weighted by atomic mass is 9.93. The van der Waals surface area contributed by atoms with Crippen LogP contribution in [0.5, 0.6) is 5.75 Å². The van der Waals surface area contributed by atoms with Gasteiger partial charge in [-0.15, -0.1) is 24.0 Å². The van der Waals surface area contributed by atoms with Crippen molar-refractivity contribution in [3.63, 3.8) is 0 Å². The molecule has 0 amide bonds. The first-order valence-electron chi connectivity index (χ1n) is 7.19. The predicted octanol–water partition coefficient (Wildman–Crippen LogP) is 1.82. The molecule has 0 aromatic heterocycles. The van der Waals surface area contributed by atoms with Gasteiger partial charge in [-0.05, 0) is 18.1 Å². The molecule has 5 nitrogen and oxygen atoms in total. The third-order valence-electron chi connectivity index (χ3n) is 3.89. The Kier molecular flexibility index (Phi) is 6.10. The average molecular weight is 403 g/mol. The highest BCUT2D eigenvalue weighted by Gasteiger charge is 2.21. The molecule has 0 radical (unpaired) electrons. The van der Waals surface area contributed by atoms with Gasteiger partial charge in [0.05, 0.1) is 19.8 Å². The zero-order chi connectivity index (χ0) is 13.8. The summed E-state index contributed by atoms with van der Waals surface area (Å²) in [5.41, 5.74) is 7.32. The maximum absolute atomic E-state index is 6.07. The van der Waals surface area contributed by atoms with Crippen molar-refractivity contribution >= 4 is 29.9 Å². The van der Waals surface area contributed by atoms with Gasteiger partial charge in [-0.2, -0.15) is 0 Å². The van der Waals surface area contributed by atoms with Crippen LogP contribution in [0.15, 0.2) is 29.3 Å². The molecule has 1 aromatic carbocycles. The van der Waals surface area contributed by atoms with Gasteiger partial charge < -0.3 is 20.1 Å². The fraction of sp³-hybridized carbons (Fsp3) is 0.533. The van der Waals surface area contributed by atoms with Crippen LogP contribution in [0, 0.1) is 0 Å². The van der Waals surface area contributed by atoms with Crippen molar-refractivity contribution in [2.75, 3.05) is 39.5 Å². The number of morpholine rings is 1. The minimum atomic E-state index is 0. The van der Waals surface area contributed by atoms with Crippen molar-refractivity contribution in [3.8, 4) is 5.75 Å². The molecule has 1 saturated heterocycles. The second kappa shape index (κ2) is 7.84. The lowest BCUT2D eigenvalue weighted by molar-refractivity contribution is 0.0674. The van der Waals surface area contributed by atoms with Gasteiger partial charge in [-0.3, -0.25) is 4.99 Å². The van der Waals surface area contributed by atoms with E-state index in [4.69, 9.17) is 15.2 Å². The standard InChI is InChI=1S/C15H21N3O2.HI/c16-15(18-6-9-19-10-7-18)17-11-12-5-8-20-14-4-2-1-3-13(12)14;/h1-4,12H,5-11H2,(H2,16,17);1H. The normalized spacial score (nSPS) is 22.0. The van der Waals surface area contributed by atoms with Gasteiger partial charge in [0.25, 0.3) is 0 Å². The molecule has 0 bridgehead atoms. The molecule has 2 aliphatic rings. The highest BCUT2D eigenvalue weighted by atomic mass is 127. The second-order valence-corrected chi connectivity index (χ2v) is 5.17. The van der Waals surface area contributed by atoms with Crippen molar-refractivity contribution < 1.29 is 9.47 Å². The first-order valence-corrected chi connectivity index (χ1v) is 7.19. The first kappa shape index (κ1) is 16.4. The molecule has 0 aliphatic carbocycles. The SMILES string of the molecule is I.NC(=NCC1CCOc2ccccc21)N1CCOCC1. The van der Waals surface area contributed by atoms with Crippen molar-refractivity contribution in [2.45, 2.75) is 12.3 Å². The Labute approximate surface area is 142 Å². The number of fused-ring (bicyclic) bond motifs is 1. The summed E-state index contributed by atoms with van der Waals surface area (Å²) in [6, 6.07) is 8.21. The van der Waals surface area contributed by atoms with Crippen molar-refractivity contribution in [3.05, 3.63) is 29.8 Å². The number of hydrogen-bond donors (Lipinski definition) is 1. The predicted molar refractivity (Wildman–Crippen MR) is 93.6 cm³/mol. The van der Waals surface area contributed by atoms with E-state index in [0.29, 0.717) is 11.9 Å². The van der Waals surface area contributed by atoms with Crippen LogP contribution in [0.3, 0.4) is 0 Å². The van der Waals surface area contributed by atoms with Gasteiger partial charge in [0.15, 0.2) is 5.96 Å². The maximum atomic E-state index is 6.07. The molecule has 0 spiro atoms. The summed E-state index contributed by atoms with van der Waals surface area (Å²) >= 11 is 0. The van der Waals surface area contributed by atoms with Crippen LogP contribution in [0.25, 0.3) is 0 Å². The summed E-state index contributed by atoms with van der Waals surface area (Å²) < 4.78 is 11.0. The minimum absolute atomic E-state index is 0. The summed E-state index contributed by atoms with van der Waals surface area (Å²) in [4.78, 5) is 6.67. The molecule has 3 rings (SSSR count). The lowest BCUT2D eigenvalue weighted by Gasteiger charge is -2.28. The Morgan fingerprint density at radius 1 is 1.24 bits per heavy atom. The van der Waals surface area contributed by atoms with E-state index in [1.165, 1.54) is 5.56 Å². The zero-order valence-electron chi connectivity index (χ0n) is 12.0. The van der Waals surface area contributed by atoms with Crippen LogP contribution >= 0.6 is 24.0 Å². The van der Waals surface area contributed by atoms with Crippen LogP contribution in [-0.4, -0.2) is 50.3 Å². The van der Waals surface area contributed by atoms with Crippen LogP contribution in [0.1, 0.15) is 17.9 Å². The van der Waals surface area contributed by atoms with E-state index < -0.39 is 0 Å². The molecular formula is C15H22IN3O2. The highest BCUT2D eigenvalue weighted by Crippen LogP contribution is 2.33. The number of para-hydroxylation sites is 1. The van der Waals surface area contributed by atoms with Gasteiger partial charge in [-0.1, -0.05) is 18.2 Å². The number of nitrogens with zero attached hydrogens (tertiary/aromatic N) is 2. The molecule has 21 heavy (non-hydrogen) atoms. The number of aliphatic imine (C=N–C) groups is 1. The van der Waals surface area contributed by atoms with Crippen molar-refractivity contribution in [2.24, 2.45) is 10.7 Å².